The Morgan fingerprint density at radius 1 is 1.53 bits per heavy atom. The van der Waals surface area contributed by atoms with Crippen molar-refractivity contribution in [3.8, 4) is 0 Å². The molecule has 3 atom stereocenters. The number of ether oxygens (including phenoxy) is 1. The second-order valence-electron chi connectivity index (χ2n) is 3.81. The molecule has 1 saturated heterocycles. The number of carbonyl (C=O) groups excluding carboxylic acids is 1. The Bertz CT molecular complexity index is 250. The van der Waals surface area contributed by atoms with E-state index >= 15 is 0 Å². The number of unbranched alkanes of at least 4 members (excludes halogenated alkanes) is 1. The Hall–Kier alpha value is -1.10. The van der Waals surface area contributed by atoms with Crippen molar-refractivity contribution < 1.29 is 24.5 Å². The van der Waals surface area contributed by atoms with Gasteiger partial charge in [0.25, 0.3) is 0 Å². The summed E-state index contributed by atoms with van der Waals surface area (Å²) in [7, 11) is 0. The number of hydrogen-bond donors (Lipinski definition) is 2. The summed E-state index contributed by atoms with van der Waals surface area (Å²) in [4.78, 5) is 21.7. The average molecular weight is 216 g/mol. The van der Waals surface area contributed by atoms with Crippen molar-refractivity contribution >= 4 is 11.9 Å². The highest BCUT2D eigenvalue weighted by molar-refractivity contribution is 5.81. The third-order valence-electron chi connectivity index (χ3n) is 2.60. The normalized spacial score (nSPS) is 30.3. The summed E-state index contributed by atoms with van der Waals surface area (Å²) in [6, 6.07) is 0. The number of aliphatic hydroxyl groups excluding tert-OH is 1. The van der Waals surface area contributed by atoms with Gasteiger partial charge in [-0.05, 0) is 12.8 Å². The lowest BCUT2D eigenvalue weighted by atomic mass is 9.95. The van der Waals surface area contributed by atoms with Crippen molar-refractivity contribution in [2.75, 3.05) is 0 Å². The largest absolute Gasteiger partial charge is 0.481 e. The highest BCUT2D eigenvalue weighted by Gasteiger charge is 2.44. The van der Waals surface area contributed by atoms with Gasteiger partial charge in [0, 0.05) is 0 Å². The van der Waals surface area contributed by atoms with E-state index in [2.05, 4.69) is 0 Å². The van der Waals surface area contributed by atoms with Crippen molar-refractivity contribution in [2.45, 2.75) is 44.8 Å². The van der Waals surface area contributed by atoms with E-state index in [1.807, 2.05) is 6.92 Å². The van der Waals surface area contributed by atoms with E-state index in [1.165, 1.54) is 0 Å². The van der Waals surface area contributed by atoms with E-state index in [4.69, 9.17) is 9.84 Å². The van der Waals surface area contributed by atoms with Crippen LogP contribution in [0.3, 0.4) is 0 Å². The van der Waals surface area contributed by atoms with Gasteiger partial charge in [0.05, 0.1) is 12.3 Å². The van der Waals surface area contributed by atoms with Crippen LogP contribution in [0.25, 0.3) is 0 Å². The molecule has 15 heavy (non-hydrogen) atoms. The monoisotopic (exact) mass is 216 g/mol. The lowest BCUT2D eigenvalue weighted by molar-refractivity contribution is -0.148. The topological polar surface area (TPSA) is 83.8 Å². The predicted octanol–water partition coefficient (Wildman–Crippen LogP) is 0.554. The van der Waals surface area contributed by atoms with E-state index in [9.17, 15) is 14.7 Å². The molecule has 1 rings (SSSR count). The number of carbonyl (C=O) groups is 2. The van der Waals surface area contributed by atoms with Crippen LogP contribution in [0.4, 0.5) is 0 Å². The first kappa shape index (κ1) is 12.0. The van der Waals surface area contributed by atoms with Crippen LogP contribution in [0.5, 0.6) is 0 Å². The fraction of sp³-hybridized carbons (Fsp3) is 0.800. The smallest absolute Gasteiger partial charge is 0.312 e. The van der Waals surface area contributed by atoms with Gasteiger partial charge in [-0.2, -0.15) is 0 Å². The molecule has 3 unspecified atom stereocenters. The fourth-order valence-corrected chi connectivity index (χ4v) is 1.73. The second-order valence-corrected chi connectivity index (χ2v) is 3.81. The summed E-state index contributed by atoms with van der Waals surface area (Å²) in [5, 5.41) is 18.2. The van der Waals surface area contributed by atoms with E-state index in [-0.39, 0.29) is 6.42 Å². The molecule has 1 aliphatic heterocycles. The van der Waals surface area contributed by atoms with E-state index in [0.717, 1.165) is 12.8 Å². The van der Waals surface area contributed by atoms with Crippen molar-refractivity contribution in [3.05, 3.63) is 0 Å². The second kappa shape index (κ2) is 5.11. The number of aliphatic carboxylic acids is 1. The summed E-state index contributed by atoms with van der Waals surface area (Å²) < 4.78 is 4.94. The molecule has 0 aliphatic carbocycles. The van der Waals surface area contributed by atoms with Crippen LogP contribution >= 0.6 is 0 Å². The van der Waals surface area contributed by atoms with Gasteiger partial charge in [-0.3, -0.25) is 9.59 Å². The highest BCUT2D eigenvalue weighted by Crippen LogP contribution is 2.27. The maximum absolute atomic E-state index is 11.2. The van der Waals surface area contributed by atoms with Gasteiger partial charge in [-0.1, -0.05) is 13.3 Å². The van der Waals surface area contributed by atoms with E-state index in [0.29, 0.717) is 6.42 Å². The van der Waals surface area contributed by atoms with Crippen LogP contribution in [-0.4, -0.2) is 34.4 Å². The molecule has 1 fully saturated rings. The lowest BCUT2D eigenvalue weighted by Gasteiger charge is -2.13. The molecule has 0 radical (unpaired) electrons. The SMILES string of the molecule is CCCCC1OC(=O)C(CC(=O)O)C1O. The molecule has 0 amide bonds. The van der Waals surface area contributed by atoms with Crippen molar-refractivity contribution in [1.82, 2.24) is 0 Å². The molecule has 0 aromatic heterocycles. The first-order chi connectivity index (χ1) is 7.06. The van der Waals surface area contributed by atoms with Crippen molar-refractivity contribution in [1.29, 1.82) is 0 Å². The molecule has 5 heteroatoms. The van der Waals surface area contributed by atoms with Gasteiger partial charge >= 0.3 is 11.9 Å². The van der Waals surface area contributed by atoms with Gasteiger partial charge in [-0.15, -0.1) is 0 Å². The minimum atomic E-state index is -1.09. The molecule has 5 nitrogen and oxygen atoms in total. The number of cyclic esters (lactones) is 1. The van der Waals surface area contributed by atoms with Crippen molar-refractivity contribution in [2.24, 2.45) is 5.92 Å². The number of rotatable bonds is 5. The lowest BCUT2D eigenvalue weighted by Crippen LogP contribution is -2.28. The minimum Gasteiger partial charge on any atom is -0.481 e. The number of esters is 1. The molecule has 0 bridgehead atoms. The first-order valence-corrected chi connectivity index (χ1v) is 5.16. The Kier molecular flexibility index (Phi) is 4.08. The van der Waals surface area contributed by atoms with E-state index < -0.39 is 30.1 Å². The van der Waals surface area contributed by atoms with Gasteiger partial charge < -0.3 is 14.9 Å². The highest BCUT2D eigenvalue weighted by atomic mass is 16.6. The van der Waals surface area contributed by atoms with E-state index in [1.54, 1.807) is 0 Å². The summed E-state index contributed by atoms with van der Waals surface area (Å²) in [6.45, 7) is 2.00. The number of aliphatic hydroxyl groups is 1. The molecule has 0 spiro atoms. The Morgan fingerprint density at radius 3 is 2.73 bits per heavy atom. The molecule has 0 aromatic rings. The number of carboxylic acid groups (broad SMARTS) is 1. The average Bonchev–Trinajstić information content (AvgIpc) is 2.42. The molecule has 1 heterocycles. The van der Waals surface area contributed by atoms with Gasteiger partial charge in [0.2, 0.25) is 0 Å². The summed E-state index contributed by atoms with van der Waals surface area (Å²) in [5.41, 5.74) is 0. The first-order valence-electron chi connectivity index (χ1n) is 5.16. The Balaban J connectivity index is 2.53. The third kappa shape index (κ3) is 2.92. The summed E-state index contributed by atoms with van der Waals surface area (Å²) in [5.74, 6) is -2.58. The molecule has 2 N–H and O–H groups in total. The maximum atomic E-state index is 11.2. The Morgan fingerprint density at radius 2 is 2.20 bits per heavy atom. The minimum absolute atomic E-state index is 0.359. The zero-order chi connectivity index (χ0) is 11.4. The summed E-state index contributed by atoms with van der Waals surface area (Å²) in [6.07, 6.45) is 0.545. The molecule has 1 aliphatic rings. The molecular weight excluding hydrogens is 200 g/mol. The molecule has 0 saturated carbocycles. The molecule has 0 aromatic carbocycles. The van der Waals surface area contributed by atoms with Gasteiger partial charge in [0.1, 0.15) is 12.2 Å². The quantitative estimate of drug-likeness (QED) is 0.656. The maximum Gasteiger partial charge on any atom is 0.312 e. The Labute approximate surface area is 88.0 Å². The molecule has 86 valence electrons. The van der Waals surface area contributed by atoms with Gasteiger partial charge in [-0.25, -0.2) is 0 Å². The van der Waals surface area contributed by atoms with Crippen molar-refractivity contribution in [3.63, 3.8) is 0 Å². The van der Waals surface area contributed by atoms with Crippen LogP contribution in [0, 0.1) is 5.92 Å². The summed E-state index contributed by atoms with van der Waals surface area (Å²) >= 11 is 0. The number of hydrogen-bond acceptors (Lipinski definition) is 4. The fourth-order valence-electron chi connectivity index (χ4n) is 1.73. The number of carboxylic acids is 1. The van der Waals surface area contributed by atoms with Crippen LogP contribution in [0.1, 0.15) is 32.6 Å². The zero-order valence-electron chi connectivity index (χ0n) is 8.68. The van der Waals surface area contributed by atoms with Crippen LogP contribution in [0.15, 0.2) is 0 Å². The predicted molar refractivity (Wildman–Crippen MR) is 51.2 cm³/mol. The van der Waals surface area contributed by atoms with Crippen LogP contribution in [-0.2, 0) is 14.3 Å². The van der Waals surface area contributed by atoms with Crippen LogP contribution < -0.4 is 0 Å². The zero-order valence-corrected chi connectivity index (χ0v) is 8.68. The molecular formula is C10H16O5. The standard InChI is InChI=1S/C10H16O5/c1-2-3-4-7-9(13)6(5-8(11)12)10(14)15-7/h6-7,9,13H,2-5H2,1H3,(H,11,12). The third-order valence-corrected chi connectivity index (χ3v) is 2.60. The van der Waals surface area contributed by atoms with Gasteiger partial charge in [0.15, 0.2) is 0 Å². The van der Waals surface area contributed by atoms with Crippen LogP contribution in [0.2, 0.25) is 0 Å².